The molecule has 0 amide bonds. The van der Waals surface area contributed by atoms with E-state index in [1.807, 2.05) is 26.0 Å². The molecule has 0 saturated heterocycles. The van der Waals surface area contributed by atoms with E-state index in [0.29, 0.717) is 12.2 Å². The summed E-state index contributed by atoms with van der Waals surface area (Å²) < 4.78 is 22.1. The second-order valence-electron chi connectivity index (χ2n) is 8.27. The molecule has 4 rings (SSSR count). The summed E-state index contributed by atoms with van der Waals surface area (Å²) in [7, 11) is 2.90. The van der Waals surface area contributed by atoms with Crippen LogP contribution in [-0.2, 0) is 11.2 Å². The van der Waals surface area contributed by atoms with Crippen molar-refractivity contribution in [3.8, 4) is 17.2 Å². The molecule has 32 heavy (non-hydrogen) atoms. The molecule has 1 aromatic heterocycles. The first-order valence-corrected chi connectivity index (χ1v) is 10.9. The van der Waals surface area contributed by atoms with Crippen LogP contribution >= 0.6 is 11.6 Å². The Morgan fingerprint density at radius 3 is 2.66 bits per heavy atom. The predicted octanol–water partition coefficient (Wildman–Crippen LogP) is 4.37. The fourth-order valence-electron chi connectivity index (χ4n) is 4.43. The molecule has 1 aliphatic carbocycles. The molecule has 2 heterocycles. The van der Waals surface area contributed by atoms with Gasteiger partial charge in [-0.1, -0.05) is 18.5 Å². The van der Waals surface area contributed by atoms with Gasteiger partial charge < -0.3 is 23.9 Å². The lowest BCUT2D eigenvalue weighted by Crippen LogP contribution is -2.55. The number of carbonyl (C=O) groups is 2. The number of ether oxygens (including phenoxy) is 3. The van der Waals surface area contributed by atoms with Gasteiger partial charge in [-0.3, -0.25) is 9.59 Å². The topological polar surface area (TPSA) is 87.0 Å². The van der Waals surface area contributed by atoms with Gasteiger partial charge in [0.25, 0.3) is 0 Å². The van der Waals surface area contributed by atoms with Gasteiger partial charge in [0.2, 0.25) is 17.2 Å². The van der Waals surface area contributed by atoms with E-state index in [1.54, 1.807) is 6.26 Å². The number of benzene rings is 1. The van der Waals surface area contributed by atoms with Crippen LogP contribution in [0.5, 0.6) is 17.2 Å². The molecular weight excluding hydrogens is 434 g/mol. The molecule has 0 bridgehead atoms. The van der Waals surface area contributed by atoms with E-state index in [0.717, 1.165) is 24.3 Å². The van der Waals surface area contributed by atoms with Crippen LogP contribution in [0.2, 0.25) is 5.02 Å². The number of furan rings is 1. The SMILES string of the molecule is COc1cc(OC)c2c(c1Cl)O[C@@]1(C(=O)C=C(N[C@H](C)CCc3ccco3)C[C@H]1C)C2=O. The Hall–Kier alpha value is -2.93. The minimum Gasteiger partial charge on any atom is -0.496 e. The highest BCUT2D eigenvalue weighted by atomic mass is 35.5. The number of methoxy groups -OCH3 is 2. The third kappa shape index (κ3) is 3.54. The van der Waals surface area contributed by atoms with E-state index >= 15 is 0 Å². The molecule has 8 heteroatoms. The van der Waals surface area contributed by atoms with Crippen LogP contribution in [0.1, 0.15) is 42.8 Å². The number of Topliss-reactive ketones (excluding diaryl/α,β-unsaturated/α-hetero) is 1. The number of halogens is 1. The van der Waals surface area contributed by atoms with Crippen molar-refractivity contribution in [3.05, 3.63) is 52.6 Å². The summed E-state index contributed by atoms with van der Waals surface area (Å²) in [5.41, 5.74) is -0.702. The van der Waals surface area contributed by atoms with Gasteiger partial charge in [0.05, 0.1) is 20.5 Å². The van der Waals surface area contributed by atoms with Crippen molar-refractivity contribution in [2.75, 3.05) is 14.2 Å². The molecule has 1 spiro atoms. The average Bonchev–Trinajstić information content (AvgIpc) is 3.39. The smallest absolute Gasteiger partial charge is 0.236 e. The van der Waals surface area contributed by atoms with Crippen LogP contribution in [0.15, 0.2) is 40.7 Å². The molecular formula is C24H26ClNO6. The summed E-state index contributed by atoms with van der Waals surface area (Å²) in [5.74, 6) is 0.372. The standard InChI is InChI=1S/C24H26ClNO6/c1-13-10-15(26-14(2)7-8-16-6-5-9-31-16)11-19(27)24(13)23(28)20-17(29-3)12-18(30-4)21(25)22(20)32-24/h5-6,9,11-14,26H,7-8,10H2,1-4H3/t13-,14-,24+/m1/s1. The highest BCUT2D eigenvalue weighted by Crippen LogP contribution is 2.52. The van der Waals surface area contributed by atoms with Crippen molar-refractivity contribution in [2.24, 2.45) is 5.92 Å². The van der Waals surface area contributed by atoms with Crippen molar-refractivity contribution in [1.29, 1.82) is 0 Å². The Morgan fingerprint density at radius 2 is 2.03 bits per heavy atom. The second-order valence-corrected chi connectivity index (χ2v) is 8.65. The van der Waals surface area contributed by atoms with E-state index < -0.39 is 23.1 Å². The lowest BCUT2D eigenvalue weighted by Gasteiger charge is -2.35. The normalized spacial score (nSPS) is 22.9. The van der Waals surface area contributed by atoms with Crippen molar-refractivity contribution in [2.45, 2.75) is 44.8 Å². The molecule has 0 unspecified atom stereocenters. The maximum atomic E-state index is 13.5. The Morgan fingerprint density at radius 1 is 1.28 bits per heavy atom. The molecule has 2 aliphatic rings. The Balaban J connectivity index is 1.57. The van der Waals surface area contributed by atoms with E-state index in [1.165, 1.54) is 26.4 Å². The molecule has 0 saturated carbocycles. The van der Waals surface area contributed by atoms with Gasteiger partial charge >= 0.3 is 0 Å². The van der Waals surface area contributed by atoms with Gasteiger partial charge in [-0.25, -0.2) is 0 Å². The summed E-state index contributed by atoms with van der Waals surface area (Å²) in [6.07, 6.45) is 5.24. The van der Waals surface area contributed by atoms with Crippen LogP contribution in [0.3, 0.4) is 0 Å². The second kappa shape index (κ2) is 8.54. The van der Waals surface area contributed by atoms with Gasteiger partial charge in [-0.2, -0.15) is 0 Å². The summed E-state index contributed by atoms with van der Waals surface area (Å²) in [6, 6.07) is 5.46. The first kappa shape index (κ1) is 22.3. The summed E-state index contributed by atoms with van der Waals surface area (Å²) in [6.45, 7) is 3.88. The number of fused-ring (bicyclic) bond motifs is 1. The van der Waals surface area contributed by atoms with Crippen LogP contribution in [-0.4, -0.2) is 37.4 Å². The Bertz CT molecular complexity index is 1080. The maximum absolute atomic E-state index is 13.5. The van der Waals surface area contributed by atoms with Crippen LogP contribution in [0, 0.1) is 5.92 Å². The van der Waals surface area contributed by atoms with Crippen LogP contribution < -0.4 is 19.5 Å². The lowest BCUT2D eigenvalue weighted by molar-refractivity contribution is -0.129. The average molecular weight is 460 g/mol. The number of ketones is 2. The van der Waals surface area contributed by atoms with Gasteiger partial charge in [0.1, 0.15) is 27.8 Å². The van der Waals surface area contributed by atoms with E-state index in [9.17, 15) is 9.59 Å². The first-order chi connectivity index (χ1) is 15.3. The van der Waals surface area contributed by atoms with Gasteiger partial charge in [-0.15, -0.1) is 0 Å². The third-order valence-corrected chi connectivity index (χ3v) is 6.50. The zero-order chi connectivity index (χ0) is 23.0. The number of aryl methyl sites for hydroxylation is 1. The molecule has 0 radical (unpaired) electrons. The van der Waals surface area contributed by atoms with Crippen LogP contribution in [0.4, 0.5) is 0 Å². The largest absolute Gasteiger partial charge is 0.496 e. The summed E-state index contributed by atoms with van der Waals surface area (Å²) in [4.78, 5) is 26.8. The zero-order valence-corrected chi connectivity index (χ0v) is 19.2. The number of hydrogen-bond donors (Lipinski definition) is 1. The monoisotopic (exact) mass is 459 g/mol. The molecule has 7 nitrogen and oxygen atoms in total. The van der Waals surface area contributed by atoms with E-state index in [4.69, 9.17) is 30.2 Å². The van der Waals surface area contributed by atoms with Gasteiger partial charge in [0, 0.05) is 36.2 Å². The Labute approximate surface area is 191 Å². The van der Waals surface area contributed by atoms with Crippen molar-refractivity contribution >= 4 is 23.2 Å². The number of nitrogens with one attached hydrogen (secondary N) is 1. The quantitative estimate of drug-likeness (QED) is 0.615. The Kier molecular flexibility index (Phi) is 5.95. The molecule has 0 fully saturated rings. The van der Waals surface area contributed by atoms with Crippen molar-refractivity contribution < 1.29 is 28.2 Å². The number of rotatable bonds is 7. The highest BCUT2D eigenvalue weighted by molar-refractivity contribution is 6.36. The molecule has 3 atom stereocenters. The fraction of sp³-hybridized carbons (Fsp3) is 0.417. The molecule has 2 aromatic rings. The fourth-order valence-corrected chi connectivity index (χ4v) is 4.70. The molecule has 1 aliphatic heterocycles. The summed E-state index contributed by atoms with van der Waals surface area (Å²) >= 11 is 6.42. The van der Waals surface area contributed by atoms with Crippen LogP contribution in [0.25, 0.3) is 0 Å². The van der Waals surface area contributed by atoms with E-state index in [-0.39, 0.29) is 28.1 Å². The molecule has 1 N–H and O–H groups in total. The van der Waals surface area contributed by atoms with E-state index in [2.05, 4.69) is 5.32 Å². The highest BCUT2D eigenvalue weighted by Gasteiger charge is 2.60. The van der Waals surface area contributed by atoms with Gasteiger partial charge in [-0.05, 0) is 31.9 Å². The van der Waals surface area contributed by atoms with Gasteiger partial charge in [0.15, 0.2) is 5.75 Å². The number of carbonyl (C=O) groups excluding carboxylic acids is 2. The third-order valence-electron chi connectivity index (χ3n) is 6.15. The minimum absolute atomic E-state index is 0.122. The predicted molar refractivity (Wildman–Crippen MR) is 119 cm³/mol. The molecule has 1 aromatic carbocycles. The zero-order valence-electron chi connectivity index (χ0n) is 18.5. The minimum atomic E-state index is -1.66. The maximum Gasteiger partial charge on any atom is 0.236 e. The van der Waals surface area contributed by atoms with Crippen molar-refractivity contribution in [3.63, 3.8) is 0 Å². The number of hydrogen-bond acceptors (Lipinski definition) is 7. The number of allylic oxidation sites excluding steroid dienone is 1. The molecule has 170 valence electrons. The van der Waals surface area contributed by atoms with Crippen molar-refractivity contribution in [1.82, 2.24) is 5.32 Å². The summed E-state index contributed by atoms with van der Waals surface area (Å²) in [5, 5.41) is 3.54. The lowest BCUT2D eigenvalue weighted by atomic mass is 9.74. The first-order valence-electron chi connectivity index (χ1n) is 10.5.